The van der Waals surface area contributed by atoms with E-state index in [0.717, 1.165) is 11.1 Å². The second kappa shape index (κ2) is 9.08. The molecule has 162 valence electrons. The number of hydrogen-bond donors (Lipinski definition) is 2. The molecule has 0 aliphatic rings. The van der Waals surface area contributed by atoms with Crippen molar-refractivity contribution in [3.8, 4) is 0 Å². The average Bonchev–Trinajstić information content (AvgIpc) is 2.71. The van der Waals surface area contributed by atoms with Crippen molar-refractivity contribution in [1.29, 1.82) is 0 Å². The molecular formula is C23H22ClFN2O3S. The van der Waals surface area contributed by atoms with Crippen molar-refractivity contribution in [3.63, 3.8) is 0 Å². The van der Waals surface area contributed by atoms with E-state index in [1.54, 1.807) is 32.0 Å². The quantitative estimate of drug-likeness (QED) is 0.518. The highest BCUT2D eigenvalue weighted by Gasteiger charge is 2.22. The van der Waals surface area contributed by atoms with Crippen LogP contribution in [-0.2, 0) is 10.0 Å². The molecule has 0 aliphatic carbocycles. The van der Waals surface area contributed by atoms with Gasteiger partial charge in [-0.25, -0.2) is 12.8 Å². The zero-order chi connectivity index (χ0) is 22.8. The van der Waals surface area contributed by atoms with Gasteiger partial charge in [0.25, 0.3) is 15.9 Å². The van der Waals surface area contributed by atoms with Gasteiger partial charge in [0.15, 0.2) is 0 Å². The Hall–Kier alpha value is -2.90. The van der Waals surface area contributed by atoms with Crippen LogP contribution in [0.4, 0.5) is 10.1 Å². The summed E-state index contributed by atoms with van der Waals surface area (Å²) in [6.45, 7) is 5.40. The van der Waals surface area contributed by atoms with Gasteiger partial charge >= 0.3 is 0 Å². The molecule has 1 atom stereocenters. The van der Waals surface area contributed by atoms with Gasteiger partial charge in [0, 0.05) is 5.56 Å². The lowest BCUT2D eigenvalue weighted by atomic mass is 10.1. The van der Waals surface area contributed by atoms with Crippen molar-refractivity contribution >= 4 is 33.2 Å². The van der Waals surface area contributed by atoms with E-state index in [-0.39, 0.29) is 21.3 Å². The van der Waals surface area contributed by atoms with E-state index in [0.29, 0.717) is 11.3 Å². The molecule has 0 saturated heterocycles. The lowest BCUT2D eigenvalue weighted by molar-refractivity contribution is 0.0939. The molecule has 0 fully saturated rings. The first-order valence-electron chi connectivity index (χ1n) is 9.53. The summed E-state index contributed by atoms with van der Waals surface area (Å²) in [6, 6.07) is 14.8. The Morgan fingerprint density at radius 2 is 1.68 bits per heavy atom. The van der Waals surface area contributed by atoms with Gasteiger partial charge in [-0.3, -0.25) is 9.52 Å². The second-order valence-electron chi connectivity index (χ2n) is 7.32. The zero-order valence-electron chi connectivity index (χ0n) is 17.2. The van der Waals surface area contributed by atoms with Gasteiger partial charge in [-0.2, -0.15) is 0 Å². The number of sulfonamides is 1. The maximum Gasteiger partial charge on any atom is 0.263 e. The number of carbonyl (C=O) groups excluding carboxylic acids is 1. The van der Waals surface area contributed by atoms with Crippen LogP contribution in [0, 0.1) is 19.7 Å². The summed E-state index contributed by atoms with van der Waals surface area (Å²) >= 11 is 6.15. The van der Waals surface area contributed by atoms with Gasteiger partial charge in [-0.1, -0.05) is 35.9 Å². The number of halogens is 2. The number of anilines is 1. The Kier molecular flexibility index (Phi) is 6.67. The van der Waals surface area contributed by atoms with Gasteiger partial charge < -0.3 is 5.32 Å². The minimum absolute atomic E-state index is 0.000870. The van der Waals surface area contributed by atoms with Crippen LogP contribution in [-0.4, -0.2) is 14.3 Å². The molecule has 0 aliphatic heterocycles. The van der Waals surface area contributed by atoms with Crippen molar-refractivity contribution in [2.24, 2.45) is 0 Å². The van der Waals surface area contributed by atoms with Crippen LogP contribution in [0.2, 0.25) is 5.02 Å². The van der Waals surface area contributed by atoms with E-state index in [1.165, 1.54) is 30.3 Å². The molecule has 3 aromatic carbocycles. The minimum Gasteiger partial charge on any atom is -0.346 e. The summed E-state index contributed by atoms with van der Waals surface area (Å²) < 4.78 is 41.6. The smallest absolute Gasteiger partial charge is 0.263 e. The van der Waals surface area contributed by atoms with E-state index in [4.69, 9.17) is 11.6 Å². The molecule has 0 heterocycles. The number of hydrogen-bond acceptors (Lipinski definition) is 3. The third kappa shape index (κ3) is 5.42. The molecule has 0 aromatic heterocycles. The molecule has 0 radical (unpaired) electrons. The molecule has 1 amide bonds. The Labute approximate surface area is 186 Å². The first-order valence-corrected chi connectivity index (χ1v) is 11.4. The van der Waals surface area contributed by atoms with Crippen LogP contribution in [0.15, 0.2) is 65.6 Å². The normalized spacial score (nSPS) is 12.3. The highest BCUT2D eigenvalue weighted by molar-refractivity contribution is 7.92. The summed E-state index contributed by atoms with van der Waals surface area (Å²) in [7, 11) is -4.03. The van der Waals surface area contributed by atoms with Gasteiger partial charge in [0.2, 0.25) is 0 Å². The summed E-state index contributed by atoms with van der Waals surface area (Å²) in [5.74, 6) is -0.845. The van der Waals surface area contributed by atoms with E-state index < -0.39 is 22.0 Å². The fraction of sp³-hybridized carbons (Fsp3) is 0.174. The maximum atomic E-state index is 13.1. The molecule has 8 heteroatoms. The van der Waals surface area contributed by atoms with Gasteiger partial charge in [0.1, 0.15) is 10.7 Å². The van der Waals surface area contributed by atoms with Gasteiger partial charge in [0.05, 0.1) is 16.8 Å². The SMILES string of the molecule is Cc1ccc(C)c(NS(=O)(=O)c2cc(C(=O)NC(C)c3ccc(F)cc3)ccc2Cl)c1. The monoisotopic (exact) mass is 460 g/mol. The van der Waals surface area contributed by atoms with Crippen molar-refractivity contribution in [3.05, 3.63) is 93.8 Å². The van der Waals surface area contributed by atoms with E-state index >= 15 is 0 Å². The van der Waals surface area contributed by atoms with E-state index in [1.807, 2.05) is 19.1 Å². The maximum absolute atomic E-state index is 13.1. The number of amides is 1. The van der Waals surface area contributed by atoms with Crippen LogP contribution in [0.25, 0.3) is 0 Å². The number of rotatable bonds is 6. The molecule has 1 unspecified atom stereocenters. The lowest BCUT2D eigenvalue weighted by Gasteiger charge is -2.16. The number of nitrogens with one attached hydrogen (secondary N) is 2. The van der Waals surface area contributed by atoms with Crippen LogP contribution >= 0.6 is 11.6 Å². The topological polar surface area (TPSA) is 75.3 Å². The highest BCUT2D eigenvalue weighted by atomic mass is 35.5. The van der Waals surface area contributed by atoms with E-state index in [9.17, 15) is 17.6 Å². The molecule has 0 bridgehead atoms. The fourth-order valence-corrected chi connectivity index (χ4v) is 4.66. The summed E-state index contributed by atoms with van der Waals surface area (Å²) in [6.07, 6.45) is 0. The largest absolute Gasteiger partial charge is 0.346 e. The van der Waals surface area contributed by atoms with E-state index in [2.05, 4.69) is 10.0 Å². The predicted octanol–water partition coefficient (Wildman–Crippen LogP) is 5.39. The molecule has 0 spiro atoms. The van der Waals surface area contributed by atoms with Crippen LogP contribution < -0.4 is 10.0 Å². The Morgan fingerprint density at radius 1 is 1.00 bits per heavy atom. The highest BCUT2D eigenvalue weighted by Crippen LogP contribution is 2.27. The predicted molar refractivity (Wildman–Crippen MR) is 120 cm³/mol. The number of aryl methyl sites for hydroxylation is 2. The lowest BCUT2D eigenvalue weighted by Crippen LogP contribution is -2.27. The Bertz CT molecular complexity index is 1230. The van der Waals surface area contributed by atoms with Crippen LogP contribution in [0.1, 0.15) is 40.0 Å². The van der Waals surface area contributed by atoms with Gasteiger partial charge in [-0.15, -0.1) is 0 Å². The Morgan fingerprint density at radius 3 is 2.35 bits per heavy atom. The third-order valence-electron chi connectivity index (χ3n) is 4.84. The number of carbonyl (C=O) groups is 1. The van der Waals surface area contributed by atoms with Crippen molar-refractivity contribution in [2.75, 3.05) is 4.72 Å². The third-order valence-corrected chi connectivity index (χ3v) is 6.68. The average molecular weight is 461 g/mol. The zero-order valence-corrected chi connectivity index (χ0v) is 18.8. The van der Waals surface area contributed by atoms with Crippen LogP contribution in [0.3, 0.4) is 0 Å². The molecule has 3 aromatic rings. The molecule has 5 nitrogen and oxygen atoms in total. The molecule has 0 saturated carbocycles. The molecular weight excluding hydrogens is 439 g/mol. The summed E-state index contributed by atoms with van der Waals surface area (Å²) in [5.41, 5.74) is 2.95. The first kappa shape index (κ1) is 22.8. The molecule has 31 heavy (non-hydrogen) atoms. The summed E-state index contributed by atoms with van der Waals surface area (Å²) in [4.78, 5) is 12.5. The van der Waals surface area contributed by atoms with Crippen molar-refractivity contribution < 1.29 is 17.6 Å². The first-order chi connectivity index (χ1) is 14.6. The molecule has 3 rings (SSSR count). The van der Waals surface area contributed by atoms with Gasteiger partial charge in [-0.05, 0) is 73.9 Å². The van der Waals surface area contributed by atoms with Crippen LogP contribution in [0.5, 0.6) is 0 Å². The standard InChI is InChI=1S/C23H22ClFN2O3S/c1-14-4-5-15(2)21(12-14)27-31(29,30)22-13-18(8-11-20(22)24)23(28)26-16(3)17-6-9-19(25)10-7-17/h4-13,16,27H,1-3H3,(H,26,28). The molecule has 2 N–H and O–H groups in total. The second-order valence-corrected chi connectivity index (χ2v) is 9.37. The Balaban J connectivity index is 1.85. The fourth-order valence-electron chi connectivity index (χ4n) is 3.01. The van der Waals surface area contributed by atoms with Crippen molar-refractivity contribution in [1.82, 2.24) is 5.32 Å². The summed E-state index contributed by atoms with van der Waals surface area (Å²) in [5, 5.41) is 2.78. The minimum atomic E-state index is -4.03. The van der Waals surface area contributed by atoms with Crippen molar-refractivity contribution in [2.45, 2.75) is 31.7 Å². The number of benzene rings is 3.